The highest BCUT2D eigenvalue weighted by molar-refractivity contribution is 7.92. The van der Waals surface area contributed by atoms with Gasteiger partial charge in [0.25, 0.3) is 10.0 Å². The van der Waals surface area contributed by atoms with E-state index in [1.807, 2.05) is 0 Å². The van der Waals surface area contributed by atoms with Gasteiger partial charge in [-0.05, 0) is 54.7 Å². The Morgan fingerprint density at radius 1 is 1.08 bits per heavy atom. The molecule has 2 aliphatic heterocycles. The van der Waals surface area contributed by atoms with Crippen LogP contribution in [0, 0.1) is 0 Å². The third-order valence-corrected chi connectivity index (χ3v) is 6.33. The molecule has 1 amide bonds. The number of fused-ring (bicyclic) bond motifs is 2. The largest absolute Gasteiger partial charge is 0.326 e. The number of carbonyl (C=O) groups excluding carboxylic acids is 1. The van der Waals surface area contributed by atoms with Crippen LogP contribution in [0.3, 0.4) is 0 Å². The number of anilines is 2. The van der Waals surface area contributed by atoms with Crippen LogP contribution in [-0.4, -0.2) is 25.9 Å². The van der Waals surface area contributed by atoms with E-state index in [1.54, 1.807) is 36.7 Å². The molecule has 1 aromatic heterocycles. The summed E-state index contributed by atoms with van der Waals surface area (Å²) >= 11 is 0. The highest BCUT2D eigenvalue weighted by atomic mass is 32.2. The van der Waals surface area contributed by atoms with Crippen LogP contribution >= 0.6 is 0 Å². The molecule has 0 unspecified atom stereocenters. The molecule has 1 N–H and O–H groups in total. The first-order valence-electron chi connectivity index (χ1n) is 7.94. The van der Waals surface area contributed by atoms with Gasteiger partial charge in [-0.3, -0.25) is 14.1 Å². The maximum Gasteiger partial charge on any atom is 0.264 e. The molecule has 0 bridgehead atoms. The molecule has 0 spiro atoms. The molecule has 3 heterocycles. The first-order chi connectivity index (χ1) is 11.6. The number of aryl methyl sites for hydroxylation is 1. The summed E-state index contributed by atoms with van der Waals surface area (Å²) in [4.78, 5) is 16.0. The first-order valence-corrected chi connectivity index (χ1v) is 9.38. The van der Waals surface area contributed by atoms with E-state index in [4.69, 9.17) is 0 Å². The highest BCUT2D eigenvalue weighted by Crippen LogP contribution is 2.33. The second kappa shape index (κ2) is 5.59. The Balaban J connectivity index is 1.74. The molecule has 24 heavy (non-hydrogen) atoms. The molecular weight excluding hydrogens is 326 g/mol. The number of nitrogens with one attached hydrogen (secondary N) is 1. The Labute approximate surface area is 140 Å². The lowest BCUT2D eigenvalue weighted by molar-refractivity contribution is -0.116. The van der Waals surface area contributed by atoms with Crippen LogP contribution in [0.2, 0.25) is 0 Å². The zero-order valence-electron chi connectivity index (χ0n) is 13.0. The van der Waals surface area contributed by atoms with Crippen LogP contribution < -0.4 is 9.62 Å². The van der Waals surface area contributed by atoms with Crippen molar-refractivity contribution >= 4 is 27.3 Å². The smallest absolute Gasteiger partial charge is 0.264 e. The van der Waals surface area contributed by atoms with E-state index in [-0.39, 0.29) is 10.8 Å². The van der Waals surface area contributed by atoms with Gasteiger partial charge in [-0.15, -0.1) is 0 Å². The second-order valence-corrected chi connectivity index (χ2v) is 7.91. The molecule has 2 aliphatic rings. The van der Waals surface area contributed by atoms with Crippen molar-refractivity contribution in [3.05, 3.63) is 47.8 Å². The minimum Gasteiger partial charge on any atom is -0.326 e. The molecular formula is C17H17N3O3S. The van der Waals surface area contributed by atoms with Crippen molar-refractivity contribution in [2.75, 3.05) is 16.2 Å². The fourth-order valence-corrected chi connectivity index (χ4v) is 4.84. The molecule has 0 saturated carbocycles. The Kier molecular flexibility index (Phi) is 3.53. The van der Waals surface area contributed by atoms with E-state index in [2.05, 4.69) is 10.3 Å². The predicted molar refractivity (Wildman–Crippen MR) is 90.5 cm³/mol. The quantitative estimate of drug-likeness (QED) is 0.906. The number of amides is 1. The number of rotatable bonds is 2. The minimum atomic E-state index is -3.62. The zero-order chi connectivity index (χ0) is 16.7. The average Bonchev–Trinajstić information content (AvgIpc) is 2.92. The molecule has 0 fully saturated rings. The first kappa shape index (κ1) is 15.1. The van der Waals surface area contributed by atoms with Crippen LogP contribution in [0.5, 0.6) is 0 Å². The Hall–Kier alpha value is -2.41. The van der Waals surface area contributed by atoms with Gasteiger partial charge < -0.3 is 5.32 Å². The lowest BCUT2D eigenvalue weighted by atomic mass is 10.1. The van der Waals surface area contributed by atoms with Crippen molar-refractivity contribution in [1.82, 2.24) is 4.98 Å². The van der Waals surface area contributed by atoms with Crippen molar-refractivity contribution in [2.45, 2.75) is 30.6 Å². The molecule has 6 nitrogen and oxygen atoms in total. The number of aromatic nitrogens is 1. The van der Waals surface area contributed by atoms with Crippen molar-refractivity contribution in [3.63, 3.8) is 0 Å². The standard InChI is InChI=1S/C17H17N3O3S/c21-17-3-1-2-12-10-14(4-5-15(12)19-17)24(22,23)20-9-7-13-11-18-8-6-16(13)20/h4-6,8,10-11H,1-3,7,9H2,(H,19,21). The number of pyridine rings is 1. The molecule has 0 aliphatic carbocycles. The van der Waals surface area contributed by atoms with Gasteiger partial charge in [0.15, 0.2) is 0 Å². The molecule has 0 saturated heterocycles. The van der Waals surface area contributed by atoms with Gasteiger partial charge in [0, 0.05) is 31.0 Å². The summed E-state index contributed by atoms with van der Waals surface area (Å²) in [6.45, 7) is 0.428. The summed E-state index contributed by atoms with van der Waals surface area (Å²) in [5.41, 5.74) is 3.23. The Morgan fingerprint density at radius 3 is 2.83 bits per heavy atom. The summed E-state index contributed by atoms with van der Waals surface area (Å²) in [6.07, 6.45) is 5.88. The number of carbonyl (C=O) groups is 1. The predicted octanol–water partition coefficient (Wildman–Crippen LogP) is 2.11. The monoisotopic (exact) mass is 343 g/mol. The van der Waals surface area contributed by atoms with Crippen LogP contribution in [0.4, 0.5) is 11.4 Å². The summed E-state index contributed by atoms with van der Waals surface area (Å²) in [6, 6.07) is 6.69. The van der Waals surface area contributed by atoms with Gasteiger partial charge in [-0.25, -0.2) is 8.42 Å². The van der Waals surface area contributed by atoms with Crippen LogP contribution in [0.1, 0.15) is 24.0 Å². The fourth-order valence-electron chi connectivity index (χ4n) is 3.29. The van der Waals surface area contributed by atoms with Gasteiger partial charge in [0.05, 0.1) is 10.6 Å². The molecule has 4 rings (SSSR count). The third-order valence-electron chi connectivity index (χ3n) is 4.52. The normalized spacial score (nSPS) is 17.0. The van der Waals surface area contributed by atoms with Gasteiger partial charge in [0.2, 0.25) is 5.91 Å². The molecule has 124 valence electrons. The molecule has 1 aromatic carbocycles. The maximum absolute atomic E-state index is 13.1. The van der Waals surface area contributed by atoms with Gasteiger partial charge in [-0.1, -0.05) is 0 Å². The molecule has 0 atom stereocenters. The lowest BCUT2D eigenvalue weighted by Crippen LogP contribution is -2.29. The van der Waals surface area contributed by atoms with Gasteiger partial charge in [0.1, 0.15) is 0 Å². The van der Waals surface area contributed by atoms with Crippen molar-refractivity contribution < 1.29 is 13.2 Å². The third kappa shape index (κ3) is 2.45. The number of benzene rings is 1. The van der Waals surface area contributed by atoms with Crippen molar-refractivity contribution in [2.24, 2.45) is 0 Å². The molecule has 0 radical (unpaired) electrons. The van der Waals surface area contributed by atoms with E-state index in [9.17, 15) is 13.2 Å². The van der Waals surface area contributed by atoms with Gasteiger partial charge in [-0.2, -0.15) is 0 Å². The summed E-state index contributed by atoms with van der Waals surface area (Å²) in [5.74, 6) is -0.0228. The molecule has 2 aromatic rings. The number of hydrogen-bond donors (Lipinski definition) is 1. The van der Waals surface area contributed by atoms with Crippen molar-refractivity contribution in [3.8, 4) is 0 Å². The number of nitrogens with zero attached hydrogens (tertiary/aromatic N) is 2. The van der Waals surface area contributed by atoms with Crippen molar-refractivity contribution in [1.29, 1.82) is 0 Å². The van der Waals surface area contributed by atoms with E-state index in [0.717, 1.165) is 17.5 Å². The number of sulfonamides is 1. The minimum absolute atomic E-state index is 0.0228. The second-order valence-electron chi connectivity index (χ2n) is 6.05. The van der Waals surface area contributed by atoms with E-state index in [1.165, 1.54) is 4.31 Å². The van der Waals surface area contributed by atoms with Gasteiger partial charge >= 0.3 is 0 Å². The maximum atomic E-state index is 13.1. The topological polar surface area (TPSA) is 79.4 Å². The van der Waals surface area contributed by atoms with E-state index < -0.39 is 10.0 Å². The van der Waals surface area contributed by atoms with Crippen LogP contribution in [0.25, 0.3) is 0 Å². The molecule has 7 heteroatoms. The van der Waals surface area contributed by atoms with E-state index in [0.29, 0.717) is 37.2 Å². The van der Waals surface area contributed by atoms with E-state index >= 15 is 0 Å². The Morgan fingerprint density at radius 2 is 1.96 bits per heavy atom. The number of hydrogen-bond acceptors (Lipinski definition) is 4. The average molecular weight is 343 g/mol. The summed E-state index contributed by atoms with van der Waals surface area (Å²) < 4.78 is 27.5. The van der Waals surface area contributed by atoms with Crippen LogP contribution in [0.15, 0.2) is 41.6 Å². The zero-order valence-corrected chi connectivity index (χ0v) is 13.8. The lowest BCUT2D eigenvalue weighted by Gasteiger charge is -2.20. The summed E-state index contributed by atoms with van der Waals surface area (Å²) in [5, 5.41) is 2.83. The summed E-state index contributed by atoms with van der Waals surface area (Å²) in [7, 11) is -3.62. The fraction of sp³-hybridized carbons (Fsp3) is 0.294. The highest BCUT2D eigenvalue weighted by Gasteiger charge is 2.31. The van der Waals surface area contributed by atoms with Crippen LogP contribution in [-0.2, 0) is 27.7 Å². The Bertz CT molecular complexity index is 924. The SMILES string of the molecule is O=C1CCCc2cc(S(=O)(=O)N3CCc4cnccc43)ccc2N1.